The zero-order valence-corrected chi connectivity index (χ0v) is 11.6. The van der Waals surface area contributed by atoms with Gasteiger partial charge in [0.2, 0.25) is 5.91 Å². The first-order valence-corrected chi connectivity index (χ1v) is 6.89. The Morgan fingerprint density at radius 1 is 1.53 bits per heavy atom. The van der Waals surface area contributed by atoms with E-state index in [2.05, 4.69) is 5.32 Å². The number of nitrogens with two attached hydrogens (primary N) is 1. The average Bonchev–Trinajstić information content (AvgIpc) is 2.93. The maximum Gasteiger partial charge on any atom is 0.228 e. The number of nitrogens with one attached hydrogen (secondary N) is 1. The number of amides is 1. The monoisotopic (exact) mass is 280 g/mol. The molecule has 4 nitrogen and oxygen atoms in total. The first-order valence-electron chi connectivity index (χ1n) is 6.51. The fraction of sp³-hybridized carbons (Fsp3) is 0.500. The molecule has 3 N–H and O–H groups in total. The molecule has 1 amide bonds. The van der Waals surface area contributed by atoms with Gasteiger partial charge in [0.25, 0.3) is 0 Å². The number of fused-ring (bicyclic) bond motifs is 1. The minimum absolute atomic E-state index is 0.000108. The second-order valence-corrected chi connectivity index (χ2v) is 5.91. The summed E-state index contributed by atoms with van der Waals surface area (Å²) in [5.41, 5.74) is 8.60. The van der Waals surface area contributed by atoms with Gasteiger partial charge in [0.1, 0.15) is 0 Å². The van der Waals surface area contributed by atoms with Crippen molar-refractivity contribution in [2.75, 3.05) is 11.9 Å². The molecule has 0 bridgehead atoms. The number of benzene rings is 1. The van der Waals surface area contributed by atoms with Gasteiger partial charge in [-0.15, -0.1) is 0 Å². The van der Waals surface area contributed by atoms with E-state index in [-0.39, 0.29) is 17.6 Å². The van der Waals surface area contributed by atoms with Crippen LogP contribution in [0.5, 0.6) is 0 Å². The molecule has 5 heteroatoms. The van der Waals surface area contributed by atoms with Crippen molar-refractivity contribution in [3.05, 3.63) is 28.3 Å². The molecule has 0 spiro atoms. The van der Waals surface area contributed by atoms with Crippen molar-refractivity contribution < 1.29 is 9.53 Å². The highest BCUT2D eigenvalue weighted by atomic mass is 35.5. The number of anilines is 1. The van der Waals surface area contributed by atoms with Gasteiger partial charge < -0.3 is 15.8 Å². The Morgan fingerprint density at radius 2 is 2.32 bits per heavy atom. The molecule has 0 saturated carbocycles. The first kappa shape index (κ1) is 12.9. The van der Waals surface area contributed by atoms with Crippen LogP contribution in [0.1, 0.15) is 36.9 Å². The van der Waals surface area contributed by atoms with E-state index in [1.807, 2.05) is 13.0 Å². The van der Waals surface area contributed by atoms with Gasteiger partial charge in [-0.2, -0.15) is 0 Å². The smallest absolute Gasteiger partial charge is 0.228 e. The number of ether oxygens (including phenoxy) is 1. The molecule has 3 rings (SSSR count). The molecular weight excluding hydrogens is 264 g/mol. The van der Waals surface area contributed by atoms with E-state index in [9.17, 15) is 4.79 Å². The molecule has 1 aromatic rings. The van der Waals surface area contributed by atoms with Gasteiger partial charge in [-0.05, 0) is 37.0 Å². The lowest BCUT2D eigenvalue weighted by Gasteiger charge is -2.31. The Kier molecular flexibility index (Phi) is 3.04. The minimum atomic E-state index is -0.367. The Bertz CT molecular complexity index is 538. The van der Waals surface area contributed by atoms with Gasteiger partial charge >= 0.3 is 0 Å². The number of carbonyl (C=O) groups is 1. The lowest BCUT2D eigenvalue weighted by molar-refractivity contribution is -0.115. The zero-order chi connectivity index (χ0) is 13.6. The van der Waals surface area contributed by atoms with Crippen molar-refractivity contribution >= 4 is 23.2 Å². The van der Waals surface area contributed by atoms with E-state index < -0.39 is 0 Å². The van der Waals surface area contributed by atoms with E-state index >= 15 is 0 Å². The highest BCUT2D eigenvalue weighted by Crippen LogP contribution is 2.40. The number of hydrogen-bond donors (Lipinski definition) is 2. The van der Waals surface area contributed by atoms with E-state index in [0.717, 1.165) is 36.3 Å². The molecular formula is C14H17ClN2O2. The summed E-state index contributed by atoms with van der Waals surface area (Å²) in [6, 6.07) is 3.45. The van der Waals surface area contributed by atoms with Gasteiger partial charge in [0.05, 0.1) is 18.1 Å². The molecule has 0 radical (unpaired) electrons. The topological polar surface area (TPSA) is 64.3 Å². The van der Waals surface area contributed by atoms with Crippen LogP contribution < -0.4 is 11.1 Å². The molecule has 1 fully saturated rings. The van der Waals surface area contributed by atoms with Crippen molar-refractivity contribution in [2.24, 2.45) is 5.73 Å². The van der Waals surface area contributed by atoms with Crippen LogP contribution in [0.2, 0.25) is 5.02 Å². The first-order chi connectivity index (χ1) is 8.99. The van der Waals surface area contributed by atoms with Crippen molar-refractivity contribution in [2.45, 2.75) is 37.8 Å². The maximum absolute atomic E-state index is 11.4. The van der Waals surface area contributed by atoms with Gasteiger partial charge in [-0.1, -0.05) is 17.7 Å². The van der Waals surface area contributed by atoms with Crippen LogP contribution in [0.3, 0.4) is 0 Å². The van der Waals surface area contributed by atoms with Gasteiger partial charge in [-0.3, -0.25) is 4.79 Å². The van der Waals surface area contributed by atoms with Crippen LogP contribution >= 0.6 is 11.6 Å². The average molecular weight is 281 g/mol. The number of hydrogen-bond acceptors (Lipinski definition) is 3. The predicted octanol–water partition coefficient (Wildman–Crippen LogP) is 2.40. The Labute approximate surface area is 117 Å². The summed E-state index contributed by atoms with van der Waals surface area (Å²) in [5, 5.41) is 3.38. The third-order valence-electron chi connectivity index (χ3n) is 4.09. The maximum atomic E-state index is 11.4. The molecule has 2 aliphatic rings. The van der Waals surface area contributed by atoms with Crippen LogP contribution in [-0.2, 0) is 16.0 Å². The van der Waals surface area contributed by atoms with Crippen LogP contribution in [0.4, 0.5) is 5.69 Å². The molecule has 2 heterocycles. The molecule has 1 aromatic carbocycles. The summed E-state index contributed by atoms with van der Waals surface area (Å²) in [6.07, 6.45) is 2.34. The third kappa shape index (κ3) is 2.14. The molecule has 102 valence electrons. The molecule has 1 saturated heterocycles. The largest absolute Gasteiger partial charge is 0.373 e. The summed E-state index contributed by atoms with van der Waals surface area (Å²) < 4.78 is 5.79. The van der Waals surface area contributed by atoms with Crippen LogP contribution in [0, 0.1) is 0 Å². The summed E-state index contributed by atoms with van der Waals surface area (Å²) in [7, 11) is 0. The standard InChI is InChI=1S/C14H17ClN2O2/c1-14(3-2-4-19-14)13(16)9-5-8-6-12(18)17-11(8)7-10(9)15/h5,7,13H,2-4,6,16H2,1H3,(H,17,18). The molecule has 0 aliphatic carbocycles. The fourth-order valence-corrected chi connectivity index (χ4v) is 3.16. The van der Waals surface area contributed by atoms with Crippen LogP contribution in [0.15, 0.2) is 12.1 Å². The minimum Gasteiger partial charge on any atom is -0.373 e. The Balaban J connectivity index is 1.97. The van der Waals surface area contributed by atoms with E-state index in [1.165, 1.54) is 0 Å². The number of rotatable bonds is 2. The van der Waals surface area contributed by atoms with Crippen LogP contribution in [-0.4, -0.2) is 18.1 Å². The van der Waals surface area contributed by atoms with Gasteiger partial charge in [0.15, 0.2) is 0 Å². The van der Waals surface area contributed by atoms with E-state index in [4.69, 9.17) is 22.1 Å². The Morgan fingerprint density at radius 3 is 3.00 bits per heavy atom. The summed E-state index contributed by atoms with van der Waals surface area (Å²) >= 11 is 6.30. The number of carbonyl (C=O) groups excluding carboxylic acids is 1. The highest BCUT2D eigenvalue weighted by Gasteiger charge is 2.38. The molecule has 2 atom stereocenters. The zero-order valence-electron chi connectivity index (χ0n) is 10.8. The van der Waals surface area contributed by atoms with Crippen molar-refractivity contribution in [3.8, 4) is 0 Å². The van der Waals surface area contributed by atoms with Crippen molar-refractivity contribution in [1.29, 1.82) is 0 Å². The van der Waals surface area contributed by atoms with E-state index in [1.54, 1.807) is 6.07 Å². The van der Waals surface area contributed by atoms with Crippen molar-refractivity contribution in [3.63, 3.8) is 0 Å². The predicted molar refractivity (Wildman–Crippen MR) is 74.3 cm³/mol. The molecule has 2 aliphatic heterocycles. The molecule has 19 heavy (non-hydrogen) atoms. The second-order valence-electron chi connectivity index (χ2n) is 5.50. The number of halogens is 1. The molecule has 2 unspecified atom stereocenters. The SMILES string of the molecule is CC1(C(N)c2cc3c(cc2Cl)NC(=O)C3)CCCO1. The highest BCUT2D eigenvalue weighted by molar-refractivity contribution is 6.32. The normalized spacial score (nSPS) is 27.2. The van der Waals surface area contributed by atoms with Gasteiger partial charge in [0, 0.05) is 17.3 Å². The van der Waals surface area contributed by atoms with Gasteiger partial charge in [-0.25, -0.2) is 0 Å². The summed E-state index contributed by atoms with van der Waals surface area (Å²) in [5.74, 6) is 0.000108. The van der Waals surface area contributed by atoms with E-state index in [0.29, 0.717) is 11.4 Å². The summed E-state index contributed by atoms with van der Waals surface area (Å²) in [4.78, 5) is 11.4. The lowest BCUT2D eigenvalue weighted by Crippen LogP contribution is -2.37. The third-order valence-corrected chi connectivity index (χ3v) is 4.42. The molecule has 0 aromatic heterocycles. The fourth-order valence-electron chi connectivity index (χ4n) is 2.88. The lowest BCUT2D eigenvalue weighted by atomic mass is 9.87. The Hall–Kier alpha value is -1.10. The second kappa shape index (κ2) is 4.47. The quantitative estimate of drug-likeness (QED) is 0.874. The van der Waals surface area contributed by atoms with Crippen LogP contribution in [0.25, 0.3) is 0 Å². The summed E-state index contributed by atoms with van der Waals surface area (Å²) in [6.45, 7) is 2.77. The van der Waals surface area contributed by atoms with Crippen molar-refractivity contribution in [1.82, 2.24) is 0 Å².